The molecule has 0 aliphatic rings. The van der Waals surface area contributed by atoms with Gasteiger partial charge in [0, 0.05) is 30.4 Å². The largest absolute Gasteiger partial charge is 0.303 e. The average molecular weight is 216 g/mol. The Hall–Kier alpha value is -2.10. The molecule has 0 aliphatic carbocycles. The molecule has 4 heteroatoms. The van der Waals surface area contributed by atoms with Crippen LogP contribution < -0.4 is 0 Å². The summed E-state index contributed by atoms with van der Waals surface area (Å²) in [5, 5.41) is 0. The second-order valence-electron chi connectivity index (χ2n) is 3.25. The van der Waals surface area contributed by atoms with Crippen molar-refractivity contribution in [2.45, 2.75) is 6.42 Å². The van der Waals surface area contributed by atoms with Gasteiger partial charge in [-0.2, -0.15) is 4.39 Å². The average Bonchev–Trinajstić information content (AvgIpc) is 2.30. The lowest BCUT2D eigenvalue weighted by Gasteiger charge is -2.05. The number of rotatable bonds is 3. The number of aromatic nitrogens is 2. The predicted octanol–water partition coefficient (Wildman–Crippen LogP) is 2.02. The molecule has 0 spiro atoms. The lowest BCUT2D eigenvalue weighted by Crippen LogP contribution is -1.94. The van der Waals surface area contributed by atoms with E-state index in [0.29, 0.717) is 11.3 Å². The van der Waals surface area contributed by atoms with Crippen molar-refractivity contribution in [3.8, 4) is 11.3 Å². The van der Waals surface area contributed by atoms with Crippen molar-refractivity contribution in [3.63, 3.8) is 0 Å². The summed E-state index contributed by atoms with van der Waals surface area (Å²) in [6, 6.07) is 6.52. The predicted molar refractivity (Wildman–Crippen MR) is 57.2 cm³/mol. The van der Waals surface area contributed by atoms with E-state index in [2.05, 4.69) is 9.97 Å². The number of aldehydes is 1. The van der Waals surface area contributed by atoms with Gasteiger partial charge in [0.15, 0.2) is 0 Å². The summed E-state index contributed by atoms with van der Waals surface area (Å²) in [7, 11) is 0. The highest BCUT2D eigenvalue weighted by molar-refractivity contribution is 5.67. The van der Waals surface area contributed by atoms with E-state index in [1.807, 2.05) is 0 Å². The maximum atomic E-state index is 13.0. The third-order valence-electron chi connectivity index (χ3n) is 2.19. The Morgan fingerprint density at radius 2 is 2.12 bits per heavy atom. The molecule has 0 aliphatic heterocycles. The molecular formula is C12H9FN2O. The molecule has 16 heavy (non-hydrogen) atoms. The highest BCUT2D eigenvalue weighted by atomic mass is 19.1. The van der Waals surface area contributed by atoms with Crippen LogP contribution in [0.2, 0.25) is 0 Å². The monoisotopic (exact) mass is 216 g/mol. The number of hydrogen-bond acceptors (Lipinski definition) is 3. The quantitative estimate of drug-likeness (QED) is 0.582. The first-order valence-electron chi connectivity index (χ1n) is 4.80. The standard InChI is InChI=1S/C12H9FN2O/c13-11-8-10(3-6-14-11)12-9(4-7-16)2-1-5-15-12/h1-3,5-8H,4H2. The first-order valence-corrected chi connectivity index (χ1v) is 4.80. The summed E-state index contributed by atoms with van der Waals surface area (Å²) in [5.41, 5.74) is 2.03. The zero-order valence-corrected chi connectivity index (χ0v) is 8.43. The number of carbonyl (C=O) groups excluding carboxylic acids is 1. The molecule has 2 aromatic heterocycles. The smallest absolute Gasteiger partial charge is 0.213 e. The minimum Gasteiger partial charge on any atom is -0.303 e. The fourth-order valence-electron chi connectivity index (χ4n) is 1.50. The van der Waals surface area contributed by atoms with Crippen LogP contribution in [0.5, 0.6) is 0 Å². The minimum atomic E-state index is -0.555. The second-order valence-corrected chi connectivity index (χ2v) is 3.25. The molecule has 0 aromatic carbocycles. The molecule has 2 heterocycles. The molecule has 0 saturated carbocycles. The molecule has 80 valence electrons. The van der Waals surface area contributed by atoms with Gasteiger partial charge in [0.2, 0.25) is 5.95 Å². The lowest BCUT2D eigenvalue weighted by atomic mass is 10.1. The zero-order valence-electron chi connectivity index (χ0n) is 8.43. The fourth-order valence-corrected chi connectivity index (χ4v) is 1.50. The highest BCUT2D eigenvalue weighted by Crippen LogP contribution is 2.20. The van der Waals surface area contributed by atoms with E-state index < -0.39 is 5.95 Å². The highest BCUT2D eigenvalue weighted by Gasteiger charge is 2.06. The summed E-state index contributed by atoms with van der Waals surface area (Å²) < 4.78 is 13.0. The van der Waals surface area contributed by atoms with E-state index in [-0.39, 0.29) is 6.42 Å². The minimum absolute atomic E-state index is 0.271. The summed E-state index contributed by atoms with van der Waals surface area (Å²) >= 11 is 0. The van der Waals surface area contributed by atoms with Gasteiger partial charge in [-0.3, -0.25) is 4.98 Å². The number of pyridine rings is 2. The van der Waals surface area contributed by atoms with E-state index >= 15 is 0 Å². The first-order chi connectivity index (χ1) is 7.81. The summed E-state index contributed by atoms with van der Waals surface area (Å²) in [5.74, 6) is -0.555. The summed E-state index contributed by atoms with van der Waals surface area (Å²) in [4.78, 5) is 18.1. The van der Waals surface area contributed by atoms with Crippen LogP contribution in [0.4, 0.5) is 4.39 Å². The number of hydrogen-bond donors (Lipinski definition) is 0. The molecular weight excluding hydrogens is 207 g/mol. The molecule has 0 amide bonds. The van der Waals surface area contributed by atoms with Gasteiger partial charge in [-0.1, -0.05) is 6.07 Å². The zero-order chi connectivity index (χ0) is 11.4. The van der Waals surface area contributed by atoms with E-state index in [1.165, 1.54) is 12.3 Å². The van der Waals surface area contributed by atoms with Crippen molar-refractivity contribution in [2.75, 3.05) is 0 Å². The van der Waals surface area contributed by atoms with Gasteiger partial charge < -0.3 is 4.79 Å². The molecule has 2 aromatic rings. The Morgan fingerprint density at radius 1 is 1.25 bits per heavy atom. The van der Waals surface area contributed by atoms with Crippen LogP contribution >= 0.6 is 0 Å². The van der Waals surface area contributed by atoms with E-state index in [0.717, 1.165) is 11.8 Å². The molecule has 3 nitrogen and oxygen atoms in total. The Kier molecular flexibility index (Phi) is 3.00. The van der Waals surface area contributed by atoms with Crippen LogP contribution in [-0.4, -0.2) is 16.3 Å². The van der Waals surface area contributed by atoms with Crippen LogP contribution in [0.3, 0.4) is 0 Å². The van der Waals surface area contributed by atoms with Gasteiger partial charge in [0.05, 0.1) is 5.69 Å². The topological polar surface area (TPSA) is 42.9 Å². The molecule has 2 rings (SSSR count). The van der Waals surface area contributed by atoms with E-state index in [9.17, 15) is 9.18 Å². The Morgan fingerprint density at radius 3 is 2.88 bits per heavy atom. The summed E-state index contributed by atoms with van der Waals surface area (Å²) in [6.45, 7) is 0. The maximum Gasteiger partial charge on any atom is 0.213 e. The van der Waals surface area contributed by atoms with Crippen molar-refractivity contribution in [1.82, 2.24) is 9.97 Å². The van der Waals surface area contributed by atoms with Gasteiger partial charge in [-0.15, -0.1) is 0 Å². The van der Waals surface area contributed by atoms with Crippen LogP contribution in [-0.2, 0) is 11.2 Å². The van der Waals surface area contributed by atoms with Gasteiger partial charge in [0.1, 0.15) is 6.29 Å². The van der Waals surface area contributed by atoms with Crippen molar-refractivity contribution < 1.29 is 9.18 Å². The van der Waals surface area contributed by atoms with Gasteiger partial charge in [0.25, 0.3) is 0 Å². The van der Waals surface area contributed by atoms with Crippen LogP contribution in [0.15, 0.2) is 36.7 Å². The fraction of sp³-hybridized carbons (Fsp3) is 0.0833. The third-order valence-corrected chi connectivity index (χ3v) is 2.19. The molecule has 0 fully saturated rings. The van der Waals surface area contributed by atoms with Crippen molar-refractivity contribution >= 4 is 6.29 Å². The molecule has 0 unspecified atom stereocenters. The van der Waals surface area contributed by atoms with Crippen LogP contribution in [0, 0.1) is 5.95 Å². The van der Waals surface area contributed by atoms with Crippen LogP contribution in [0.25, 0.3) is 11.3 Å². The normalized spacial score (nSPS) is 10.1. The van der Waals surface area contributed by atoms with Crippen molar-refractivity contribution in [1.29, 1.82) is 0 Å². The summed E-state index contributed by atoms with van der Waals surface area (Å²) in [6.07, 6.45) is 4.07. The first kappa shape index (κ1) is 10.4. The van der Waals surface area contributed by atoms with Gasteiger partial charge in [-0.05, 0) is 17.7 Å². The number of halogens is 1. The lowest BCUT2D eigenvalue weighted by molar-refractivity contribution is -0.107. The number of carbonyl (C=O) groups is 1. The van der Waals surface area contributed by atoms with E-state index in [1.54, 1.807) is 24.4 Å². The SMILES string of the molecule is O=CCc1cccnc1-c1ccnc(F)c1. The Bertz CT molecular complexity index is 514. The van der Waals surface area contributed by atoms with Crippen molar-refractivity contribution in [2.24, 2.45) is 0 Å². The molecule has 0 radical (unpaired) electrons. The van der Waals surface area contributed by atoms with Gasteiger partial charge >= 0.3 is 0 Å². The van der Waals surface area contributed by atoms with Gasteiger partial charge in [-0.25, -0.2) is 4.98 Å². The third kappa shape index (κ3) is 2.11. The maximum absolute atomic E-state index is 13.0. The Balaban J connectivity index is 2.50. The van der Waals surface area contributed by atoms with E-state index in [4.69, 9.17) is 0 Å². The van der Waals surface area contributed by atoms with Crippen molar-refractivity contribution in [3.05, 3.63) is 48.2 Å². The molecule has 0 N–H and O–H groups in total. The molecule has 0 bridgehead atoms. The number of nitrogens with zero attached hydrogens (tertiary/aromatic N) is 2. The van der Waals surface area contributed by atoms with Crippen LogP contribution in [0.1, 0.15) is 5.56 Å². The Labute approximate surface area is 92.0 Å². The molecule has 0 saturated heterocycles. The second kappa shape index (κ2) is 4.61. The molecule has 0 atom stereocenters.